The average molecular weight is 475 g/mol. The van der Waals surface area contributed by atoms with Crippen molar-refractivity contribution < 1.29 is 19.0 Å². The molecule has 1 N–H and O–H groups in total. The van der Waals surface area contributed by atoms with Crippen molar-refractivity contribution in [1.82, 2.24) is 5.43 Å². The van der Waals surface area contributed by atoms with Gasteiger partial charge in [-0.15, -0.1) is 0 Å². The maximum Gasteiger partial charge on any atom is 0.271 e. The van der Waals surface area contributed by atoms with Crippen molar-refractivity contribution in [3.8, 4) is 17.2 Å². The first-order valence-corrected chi connectivity index (χ1v) is 12.1. The van der Waals surface area contributed by atoms with Crippen LogP contribution in [0.3, 0.4) is 0 Å². The van der Waals surface area contributed by atoms with Gasteiger partial charge < -0.3 is 14.2 Å². The minimum absolute atomic E-state index is 0.268. The second-order valence-electron chi connectivity index (χ2n) is 8.13. The van der Waals surface area contributed by atoms with Crippen LogP contribution in [0.4, 0.5) is 0 Å². The molecule has 3 rings (SSSR count). The molecule has 184 valence electrons. The summed E-state index contributed by atoms with van der Waals surface area (Å²) in [4.78, 5) is 12.1. The monoisotopic (exact) mass is 474 g/mol. The molecule has 0 bridgehead atoms. The second-order valence-corrected chi connectivity index (χ2v) is 8.13. The van der Waals surface area contributed by atoms with Crippen molar-refractivity contribution in [3.63, 3.8) is 0 Å². The molecule has 3 aromatic rings. The van der Waals surface area contributed by atoms with E-state index in [9.17, 15) is 4.79 Å². The lowest BCUT2D eigenvalue weighted by atomic mass is 10.1. The van der Waals surface area contributed by atoms with Crippen LogP contribution in [0.1, 0.15) is 54.1 Å². The molecule has 0 heterocycles. The fourth-order valence-corrected chi connectivity index (χ4v) is 3.52. The third-order valence-corrected chi connectivity index (χ3v) is 5.46. The third kappa shape index (κ3) is 8.81. The summed E-state index contributed by atoms with van der Waals surface area (Å²) in [5.74, 6) is 1.76. The zero-order valence-electron chi connectivity index (χ0n) is 20.5. The molecule has 6 nitrogen and oxygen atoms in total. The Morgan fingerprint density at radius 3 is 2.40 bits per heavy atom. The number of amides is 1. The quantitative estimate of drug-likeness (QED) is 0.176. The van der Waals surface area contributed by atoms with Crippen LogP contribution in [-0.4, -0.2) is 32.4 Å². The Balaban J connectivity index is 1.43. The summed E-state index contributed by atoms with van der Waals surface area (Å²) in [6, 6.07) is 22.7. The maximum absolute atomic E-state index is 12.1. The molecule has 35 heavy (non-hydrogen) atoms. The summed E-state index contributed by atoms with van der Waals surface area (Å²) < 4.78 is 17.1. The number of carbonyl (C=O) groups is 1. The van der Waals surface area contributed by atoms with Gasteiger partial charge in [0.1, 0.15) is 19.0 Å². The molecule has 1 amide bonds. The van der Waals surface area contributed by atoms with Crippen molar-refractivity contribution in [3.05, 3.63) is 89.5 Å². The van der Waals surface area contributed by atoms with E-state index in [1.54, 1.807) is 43.7 Å². The van der Waals surface area contributed by atoms with Gasteiger partial charge in [-0.2, -0.15) is 5.10 Å². The van der Waals surface area contributed by atoms with Gasteiger partial charge >= 0.3 is 0 Å². The first-order valence-electron chi connectivity index (χ1n) is 12.1. The van der Waals surface area contributed by atoms with Gasteiger partial charge in [0.25, 0.3) is 5.91 Å². The predicted octanol–water partition coefficient (Wildman–Crippen LogP) is 6.04. The highest BCUT2D eigenvalue weighted by Gasteiger charge is 2.06. The lowest BCUT2D eigenvalue weighted by Crippen LogP contribution is -2.17. The summed E-state index contributed by atoms with van der Waals surface area (Å²) >= 11 is 0. The van der Waals surface area contributed by atoms with Crippen LogP contribution >= 0.6 is 0 Å². The molecular weight excluding hydrogens is 440 g/mol. The number of rotatable bonds is 14. The molecule has 3 aromatic carbocycles. The Labute approximate surface area is 207 Å². The Morgan fingerprint density at radius 1 is 0.886 bits per heavy atom. The largest absolute Gasteiger partial charge is 0.493 e. The molecule has 0 spiro atoms. The zero-order chi connectivity index (χ0) is 24.7. The lowest BCUT2D eigenvalue weighted by Gasteiger charge is -2.12. The van der Waals surface area contributed by atoms with Gasteiger partial charge in [0.05, 0.1) is 13.3 Å². The highest BCUT2D eigenvalue weighted by atomic mass is 16.5. The fourth-order valence-electron chi connectivity index (χ4n) is 3.52. The molecule has 0 aliphatic heterocycles. The smallest absolute Gasteiger partial charge is 0.271 e. The van der Waals surface area contributed by atoms with Crippen LogP contribution in [0.25, 0.3) is 0 Å². The van der Waals surface area contributed by atoms with E-state index in [4.69, 9.17) is 14.2 Å². The van der Waals surface area contributed by atoms with Crippen LogP contribution in [-0.2, 0) is 6.42 Å². The standard InChI is InChI=1S/C29H34N2O4/c1-3-4-5-7-10-23-13-16-26(17-14-23)34-19-20-35-27-18-15-24(21-28(27)33-2)22-30-31-29(32)25-11-8-6-9-12-25/h6,8-9,11-18,21-22H,3-5,7,10,19-20H2,1-2H3,(H,31,32)/b30-22+. The predicted molar refractivity (Wildman–Crippen MR) is 140 cm³/mol. The highest BCUT2D eigenvalue weighted by Crippen LogP contribution is 2.27. The summed E-state index contributed by atoms with van der Waals surface area (Å²) in [6.07, 6.45) is 7.75. The Kier molecular flexibility index (Phi) is 10.7. The second kappa shape index (κ2) is 14.5. The number of methoxy groups -OCH3 is 1. The molecule has 0 fully saturated rings. The van der Waals surface area contributed by atoms with Gasteiger partial charge in [0.2, 0.25) is 0 Å². The van der Waals surface area contributed by atoms with Crippen molar-refractivity contribution in [2.24, 2.45) is 5.10 Å². The summed E-state index contributed by atoms with van der Waals surface area (Å²) in [5, 5.41) is 4.02. The van der Waals surface area contributed by atoms with E-state index < -0.39 is 0 Å². The fraction of sp³-hybridized carbons (Fsp3) is 0.310. The first kappa shape index (κ1) is 25.8. The van der Waals surface area contributed by atoms with Gasteiger partial charge in [0, 0.05) is 5.56 Å². The highest BCUT2D eigenvalue weighted by molar-refractivity contribution is 5.94. The number of hydrogen-bond donors (Lipinski definition) is 1. The number of hydrazone groups is 1. The molecule has 6 heteroatoms. The van der Waals surface area contributed by atoms with Crippen LogP contribution in [0.15, 0.2) is 77.9 Å². The van der Waals surface area contributed by atoms with E-state index in [2.05, 4.69) is 29.6 Å². The van der Waals surface area contributed by atoms with Crippen molar-refractivity contribution >= 4 is 12.1 Å². The van der Waals surface area contributed by atoms with Crippen LogP contribution in [0.2, 0.25) is 0 Å². The Bertz CT molecular complexity index is 1070. The third-order valence-electron chi connectivity index (χ3n) is 5.46. The first-order chi connectivity index (χ1) is 17.2. The van der Waals surface area contributed by atoms with E-state index in [-0.39, 0.29) is 5.91 Å². The van der Waals surface area contributed by atoms with E-state index in [0.29, 0.717) is 30.3 Å². The normalized spacial score (nSPS) is 10.8. The number of benzene rings is 3. The van der Waals surface area contributed by atoms with Crippen LogP contribution in [0.5, 0.6) is 17.2 Å². The van der Waals surface area contributed by atoms with Crippen molar-refractivity contribution in [1.29, 1.82) is 0 Å². The number of nitrogens with one attached hydrogen (secondary N) is 1. The molecule has 0 aliphatic carbocycles. The SMILES string of the molecule is CCCCCCc1ccc(OCCOc2ccc(/C=N/NC(=O)c3ccccc3)cc2OC)cc1. The number of nitrogens with zero attached hydrogens (tertiary/aromatic N) is 1. The number of aryl methyl sites for hydroxylation is 1. The van der Waals surface area contributed by atoms with Gasteiger partial charge in [-0.25, -0.2) is 5.43 Å². The minimum Gasteiger partial charge on any atom is -0.493 e. The number of hydrogen-bond acceptors (Lipinski definition) is 5. The van der Waals surface area contributed by atoms with Crippen molar-refractivity contribution in [2.75, 3.05) is 20.3 Å². The molecule has 0 aliphatic rings. The molecule has 0 saturated heterocycles. The van der Waals surface area contributed by atoms with Gasteiger partial charge in [0.15, 0.2) is 11.5 Å². The number of ether oxygens (including phenoxy) is 3. The van der Waals surface area contributed by atoms with Gasteiger partial charge in [-0.3, -0.25) is 4.79 Å². The molecule has 0 unspecified atom stereocenters. The van der Waals surface area contributed by atoms with E-state index >= 15 is 0 Å². The molecular formula is C29H34N2O4. The number of carbonyl (C=O) groups excluding carboxylic acids is 1. The van der Waals surface area contributed by atoms with Crippen LogP contribution < -0.4 is 19.6 Å². The number of unbranched alkanes of at least 4 members (excludes halogenated alkanes) is 3. The lowest BCUT2D eigenvalue weighted by molar-refractivity contribution is 0.0955. The van der Waals surface area contributed by atoms with E-state index in [1.165, 1.54) is 31.2 Å². The minimum atomic E-state index is -0.268. The molecule has 0 atom stereocenters. The summed E-state index contributed by atoms with van der Waals surface area (Å²) in [7, 11) is 1.58. The van der Waals surface area contributed by atoms with Gasteiger partial charge in [-0.05, 0) is 66.4 Å². The van der Waals surface area contributed by atoms with E-state index in [1.807, 2.05) is 30.3 Å². The summed E-state index contributed by atoms with van der Waals surface area (Å²) in [5.41, 5.74) is 5.18. The molecule has 0 radical (unpaired) electrons. The van der Waals surface area contributed by atoms with Gasteiger partial charge in [-0.1, -0.05) is 56.5 Å². The maximum atomic E-state index is 12.1. The Hall–Kier alpha value is -3.80. The molecule has 0 saturated carbocycles. The summed E-state index contributed by atoms with van der Waals surface area (Å²) in [6.45, 7) is 3.04. The average Bonchev–Trinajstić information content (AvgIpc) is 2.90. The topological polar surface area (TPSA) is 69.2 Å². The zero-order valence-corrected chi connectivity index (χ0v) is 20.5. The van der Waals surface area contributed by atoms with Crippen molar-refractivity contribution in [2.45, 2.75) is 39.0 Å². The Morgan fingerprint density at radius 2 is 1.66 bits per heavy atom. The molecule has 0 aromatic heterocycles. The van der Waals surface area contributed by atoms with Crippen LogP contribution in [0, 0.1) is 0 Å². The van der Waals surface area contributed by atoms with E-state index in [0.717, 1.165) is 17.7 Å².